The molecule has 18 heavy (non-hydrogen) atoms. The van der Waals surface area contributed by atoms with Crippen LogP contribution in [-0.4, -0.2) is 37.5 Å². The second-order valence-corrected chi connectivity index (χ2v) is 4.46. The van der Waals surface area contributed by atoms with Crippen molar-refractivity contribution in [2.75, 3.05) is 26.2 Å². The van der Waals surface area contributed by atoms with Crippen molar-refractivity contribution in [2.24, 2.45) is 0 Å². The number of aliphatic hydroxyl groups is 1. The maximum Gasteiger partial charge on any atom is 0.119 e. The highest BCUT2D eigenvalue weighted by atomic mass is 16.5. The van der Waals surface area contributed by atoms with Gasteiger partial charge in [-0.2, -0.15) is 0 Å². The van der Waals surface area contributed by atoms with E-state index in [1.54, 1.807) is 0 Å². The van der Waals surface area contributed by atoms with Gasteiger partial charge in [-0.05, 0) is 31.5 Å². The van der Waals surface area contributed by atoms with Gasteiger partial charge in [0.05, 0.1) is 12.7 Å². The monoisotopic (exact) mass is 252 g/mol. The molecule has 3 N–H and O–H groups in total. The van der Waals surface area contributed by atoms with Crippen molar-refractivity contribution in [1.29, 1.82) is 0 Å². The van der Waals surface area contributed by atoms with Gasteiger partial charge in [0.15, 0.2) is 0 Å². The Kier molecular flexibility index (Phi) is 7.41. The zero-order valence-corrected chi connectivity index (χ0v) is 11.3. The van der Waals surface area contributed by atoms with E-state index in [0.29, 0.717) is 6.54 Å². The lowest BCUT2D eigenvalue weighted by Crippen LogP contribution is -2.28. The van der Waals surface area contributed by atoms with Crippen LogP contribution < -0.4 is 15.4 Å². The molecular formula is C14H24N2O2. The maximum atomic E-state index is 8.59. The largest absolute Gasteiger partial charge is 0.491 e. The molecule has 1 aromatic rings. The van der Waals surface area contributed by atoms with E-state index >= 15 is 0 Å². The summed E-state index contributed by atoms with van der Waals surface area (Å²) < 4.78 is 5.59. The smallest absolute Gasteiger partial charge is 0.119 e. The summed E-state index contributed by atoms with van der Waals surface area (Å²) in [6, 6.07) is 8.15. The van der Waals surface area contributed by atoms with E-state index in [9.17, 15) is 0 Å². The second-order valence-electron chi connectivity index (χ2n) is 4.46. The molecule has 0 bridgehead atoms. The highest BCUT2D eigenvalue weighted by Gasteiger charge is 1.97. The lowest BCUT2D eigenvalue weighted by Gasteiger charge is -2.10. The highest BCUT2D eigenvalue weighted by Crippen LogP contribution is 2.13. The van der Waals surface area contributed by atoms with Gasteiger partial charge < -0.3 is 20.5 Å². The summed E-state index contributed by atoms with van der Waals surface area (Å²) in [5.41, 5.74) is 1.24. The Balaban J connectivity index is 2.18. The number of ether oxygens (including phenoxy) is 1. The predicted molar refractivity (Wildman–Crippen MR) is 73.9 cm³/mol. The molecule has 1 rings (SSSR count). The third-order valence-corrected chi connectivity index (χ3v) is 2.39. The molecule has 0 radical (unpaired) electrons. The highest BCUT2D eigenvalue weighted by molar-refractivity contribution is 5.27. The normalized spacial score (nSPS) is 10.9. The van der Waals surface area contributed by atoms with Gasteiger partial charge in [0.1, 0.15) is 5.75 Å². The van der Waals surface area contributed by atoms with Crippen molar-refractivity contribution < 1.29 is 9.84 Å². The molecule has 0 aromatic heterocycles. The Morgan fingerprint density at radius 1 is 1.06 bits per heavy atom. The van der Waals surface area contributed by atoms with Gasteiger partial charge in [-0.15, -0.1) is 0 Å². The number of nitrogens with one attached hydrogen (secondary N) is 2. The van der Waals surface area contributed by atoms with Crippen LogP contribution in [0.4, 0.5) is 0 Å². The second kappa shape index (κ2) is 8.91. The van der Waals surface area contributed by atoms with E-state index in [0.717, 1.165) is 25.4 Å². The first-order valence-electron chi connectivity index (χ1n) is 6.50. The first-order chi connectivity index (χ1) is 8.72. The number of hydrogen-bond donors (Lipinski definition) is 3. The van der Waals surface area contributed by atoms with Gasteiger partial charge >= 0.3 is 0 Å². The fourth-order valence-electron chi connectivity index (χ4n) is 1.57. The van der Waals surface area contributed by atoms with Crippen LogP contribution in [0, 0.1) is 0 Å². The number of hydrogen-bond acceptors (Lipinski definition) is 4. The Bertz CT molecular complexity index is 312. The first kappa shape index (κ1) is 15.0. The third-order valence-electron chi connectivity index (χ3n) is 2.39. The van der Waals surface area contributed by atoms with Crippen LogP contribution in [0.2, 0.25) is 0 Å². The fraction of sp³-hybridized carbons (Fsp3) is 0.571. The quantitative estimate of drug-likeness (QED) is 0.577. The molecular weight excluding hydrogens is 228 g/mol. The summed E-state index contributed by atoms with van der Waals surface area (Å²) in [6.07, 6.45) is 0.214. The van der Waals surface area contributed by atoms with Gasteiger partial charge in [0.2, 0.25) is 0 Å². The van der Waals surface area contributed by atoms with Crippen LogP contribution in [0.3, 0.4) is 0 Å². The maximum absolute atomic E-state index is 8.59. The summed E-state index contributed by atoms with van der Waals surface area (Å²) in [5.74, 6) is 0.915. The molecule has 0 atom stereocenters. The molecule has 0 amide bonds. The van der Waals surface area contributed by atoms with E-state index in [2.05, 4.69) is 22.8 Å². The van der Waals surface area contributed by atoms with Gasteiger partial charge in [-0.1, -0.05) is 12.1 Å². The molecule has 0 saturated carbocycles. The summed E-state index contributed by atoms with van der Waals surface area (Å²) in [5, 5.41) is 15.0. The SMILES string of the molecule is CC(C)Oc1ccc(CNCCNCCO)cc1. The number of aliphatic hydroxyl groups excluding tert-OH is 1. The predicted octanol–water partition coefficient (Wildman–Crippen LogP) is 1.15. The molecule has 4 heteroatoms. The summed E-state index contributed by atoms with van der Waals surface area (Å²) in [4.78, 5) is 0. The van der Waals surface area contributed by atoms with Crippen molar-refractivity contribution in [3.8, 4) is 5.75 Å². The van der Waals surface area contributed by atoms with Gasteiger partial charge in [0.25, 0.3) is 0 Å². The molecule has 0 fully saturated rings. The zero-order valence-electron chi connectivity index (χ0n) is 11.3. The van der Waals surface area contributed by atoms with Crippen molar-refractivity contribution in [3.05, 3.63) is 29.8 Å². The van der Waals surface area contributed by atoms with Crippen molar-refractivity contribution >= 4 is 0 Å². The lowest BCUT2D eigenvalue weighted by molar-refractivity contribution is 0.242. The lowest BCUT2D eigenvalue weighted by atomic mass is 10.2. The molecule has 4 nitrogen and oxygen atoms in total. The van der Waals surface area contributed by atoms with E-state index in [1.165, 1.54) is 5.56 Å². The minimum Gasteiger partial charge on any atom is -0.491 e. The summed E-state index contributed by atoms with van der Waals surface area (Å²) in [7, 11) is 0. The van der Waals surface area contributed by atoms with Gasteiger partial charge in [-0.25, -0.2) is 0 Å². The fourth-order valence-corrected chi connectivity index (χ4v) is 1.57. The molecule has 102 valence electrons. The Labute approximate surface area is 109 Å². The molecule has 0 heterocycles. The Hall–Kier alpha value is -1.10. The van der Waals surface area contributed by atoms with Crippen LogP contribution in [0.5, 0.6) is 5.75 Å². The molecule has 0 unspecified atom stereocenters. The van der Waals surface area contributed by atoms with E-state index < -0.39 is 0 Å². The van der Waals surface area contributed by atoms with Crippen LogP contribution in [0.15, 0.2) is 24.3 Å². The van der Waals surface area contributed by atoms with Crippen molar-refractivity contribution in [1.82, 2.24) is 10.6 Å². The average Bonchev–Trinajstić information content (AvgIpc) is 2.35. The Morgan fingerprint density at radius 2 is 1.72 bits per heavy atom. The Morgan fingerprint density at radius 3 is 2.33 bits per heavy atom. The molecule has 0 aliphatic carbocycles. The molecule has 1 aromatic carbocycles. The van der Waals surface area contributed by atoms with Gasteiger partial charge in [-0.3, -0.25) is 0 Å². The van der Waals surface area contributed by atoms with Gasteiger partial charge in [0, 0.05) is 26.2 Å². The van der Waals surface area contributed by atoms with Crippen LogP contribution in [0.1, 0.15) is 19.4 Å². The van der Waals surface area contributed by atoms with Crippen LogP contribution >= 0.6 is 0 Å². The summed E-state index contributed by atoms with van der Waals surface area (Å²) in [6.45, 7) is 7.51. The number of benzene rings is 1. The standard InChI is InChI=1S/C14H24N2O2/c1-12(2)18-14-5-3-13(4-6-14)11-16-8-7-15-9-10-17/h3-6,12,15-17H,7-11H2,1-2H3. The third kappa shape index (κ3) is 6.59. The average molecular weight is 252 g/mol. The van der Waals surface area contributed by atoms with Crippen LogP contribution in [0.25, 0.3) is 0 Å². The molecule has 0 aliphatic heterocycles. The van der Waals surface area contributed by atoms with Crippen molar-refractivity contribution in [2.45, 2.75) is 26.5 Å². The minimum absolute atomic E-state index is 0.192. The summed E-state index contributed by atoms with van der Waals surface area (Å²) >= 11 is 0. The molecule has 0 aliphatic rings. The van der Waals surface area contributed by atoms with Crippen LogP contribution in [-0.2, 0) is 6.54 Å². The van der Waals surface area contributed by atoms with E-state index in [4.69, 9.17) is 9.84 Å². The topological polar surface area (TPSA) is 53.5 Å². The van der Waals surface area contributed by atoms with Crippen molar-refractivity contribution in [3.63, 3.8) is 0 Å². The molecule has 0 spiro atoms. The number of rotatable bonds is 9. The molecule has 0 saturated heterocycles. The first-order valence-corrected chi connectivity index (χ1v) is 6.50. The minimum atomic E-state index is 0.192. The van der Waals surface area contributed by atoms with E-state index in [1.807, 2.05) is 26.0 Å². The zero-order chi connectivity index (χ0) is 13.2. The van der Waals surface area contributed by atoms with E-state index in [-0.39, 0.29) is 12.7 Å².